The van der Waals surface area contributed by atoms with E-state index in [1.165, 1.54) is 64.2 Å². The molecule has 0 spiro atoms. The highest BCUT2D eigenvalue weighted by molar-refractivity contribution is 5.13. The summed E-state index contributed by atoms with van der Waals surface area (Å²) in [7, 11) is 0. The molecule has 1 unspecified atom stereocenters. The molecule has 0 amide bonds. The Morgan fingerprint density at radius 2 is 1.50 bits per heavy atom. The Morgan fingerprint density at radius 3 is 2.00 bits per heavy atom. The van der Waals surface area contributed by atoms with Crippen molar-refractivity contribution in [3.8, 4) is 0 Å². The van der Waals surface area contributed by atoms with Gasteiger partial charge in [0.25, 0.3) is 0 Å². The van der Waals surface area contributed by atoms with Crippen molar-refractivity contribution in [2.45, 2.75) is 106 Å². The molecule has 0 aromatic rings. The fourth-order valence-electron chi connectivity index (χ4n) is 3.50. The summed E-state index contributed by atoms with van der Waals surface area (Å²) >= 11 is 0. The van der Waals surface area contributed by atoms with Crippen LogP contribution in [0.4, 0.5) is 0 Å². The average molecular weight is 281 g/mol. The van der Waals surface area contributed by atoms with Gasteiger partial charge in [-0.2, -0.15) is 0 Å². The molecular formula is C20H40. The summed E-state index contributed by atoms with van der Waals surface area (Å²) < 4.78 is 0. The monoisotopic (exact) mass is 280 g/mol. The first-order chi connectivity index (χ1) is 9.56. The Morgan fingerprint density at radius 1 is 0.850 bits per heavy atom. The number of hydrogen-bond acceptors (Lipinski definition) is 0. The SMILES string of the molecule is CCCC(CC)CCCCCCC(C)=C(CC)C(C)C. The molecule has 20 heavy (non-hydrogen) atoms. The van der Waals surface area contributed by atoms with E-state index < -0.39 is 0 Å². The maximum atomic E-state index is 2.35. The van der Waals surface area contributed by atoms with Crippen LogP contribution in [0.3, 0.4) is 0 Å². The van der Waals surface area contributed by atoms with Crippen molar-refractivity contribution >= 4 is 0 Å². The summed E-state index contributed by atoms with van der Waals surface area (Å²) in [6.07, 6.45) is 13.9. The van der Waals surface area contributed by atoms with Gasteiger partial charge >= 0.3 is 0 Å². The quantitative estimate of drug-likeness (QED) is 0.256. The predicted molar refractivity (Wildman–Crippen MR) is 94.2 cm³/mol. The Balaban J connectivity index is 3.76. The van der Waals surface area contributed by atoms with Gasteiger partial charge < -0.3 is 0 Å². The van der Waals surface area contributed by atoms with Crippen LogP contribution >= 0.6 is 0 Å². The molecule has 0 saturated carbocycles. The molecule has 0 aliphatic heterocycles. The van der Waals surface area contributed by atoms with E-state index in [9.17, 15) is 0 Å². The van der Waals surface area contributed by atoms with Gasteiger partial charge in [0.2, 0.25) is 0 Å². The van der Waals surface area contributed by atoms with E-state index in [0.29, 0.717) is 0 Å². The van der Waals surface area contributed by atoms with E-state index in [1.807, 2.05) is 0 Å². The first-order valence-electron chi connectivity index (χ1n) is 9.25. The highest BCUT2D eigenvalue weighted by Crippen LogP contribution is 2.23. The van der Waals surface area contributed by atoms with Crippen molar-refractivity contribution in [2.75, 3.05) is 0 Å². The second-order valence-corrected chi connectivity index (χ2v) is 6.83. The van der Waals surface area contributed by atoms with Crippen LogP contribution in [-0.4, -0.2) is 0 Å². The molecule has 0 aromatic carbocycles. The molecule has 0 aliphatic rings. The zero-order chi connectivity index (χ0) is 15.4. The molecule has 120 valence electrons. The molecule has 0 rings (SSSR count). The van der Waals surface area contributed by atoms with Crippen molar-refractivity contribution in [3.63, 3.8) is 0 Å². The van der Waals surface area contributed by atoms with Crippen molar-refractivity contribution in [2.24, 2.45) is 11.8 Å². The van der Waals surface area contributed by atoms with Crippen molar-refractivity contribution in [1.29, 1.82) is 0 Å². The number of hydrogen-bond donors (Lipinski definition) is 0. The Kier molecular flexibility index (Phi) is 12.3. The third-order valence-corrected chi connectivity index (χ3v) is 4.81. The van der Waals surface area contributed by atoms with Crippen LogP contribution in [0.1, 0.15) is 106 Å². The lowest BCUT2D eigenvalue weighted by Gasteiger charge is -2.15. The van der Waals surface area contributed by atoms with Crippen LogP contribution in [0, 0.1) is 11.8 Å². The maximum absolute atomic E-state index is 2.35. The lowest BCUT2D eigenvalue weighted by Crippen LogP contribution is -1.98. The molecule has 0 aliphatic carbocycles. The fourth-order valence-corrected chi connectivity index (χ4v) is 3.50. The van der Waals surface area contributed by atoms with E-state index in [0.717, 1.165) is 11.8 Å². The zero-order valence-electron chi connectivity index (χ0n) is 15.2. The summed E-state index contributed by atoms with van der Waals surface area (Å²) in [4.78, 5) is 0. The van der Waals surface area contributed by atoms with E-state index >= 15 is 0 Å². The average Bonchev–Trinajstić information content (AvgIpc) is 2.41. The maximum Gasteiger partial charge on any atom is -0.0258 e. The summed E-state index contributed by atoms with van der Waals surface area (Å²) in [5.41, 5.74) is 3.36. The summed E-state index contributed by atoms with van der Waals surface area (Å²) in [5, 5.41) is 0. The molecule has 1 atom stereocenters. The van der Waals surface area contributed by atoms with Gasteiger partial charge in [-0.1, -0.05) is 90.7 Å². The topological polar surface area (TPSA) is 0 Å². The van der Waals surface area contributed by atoms with E-state index in [1.54, 1.807) is 11.1 Å². The van der Waals surface area contributed by atoms with Crippen molar-refractivity contribution in [3.05, 3.63) is 11.1 Å². The van der Waals surface area contributed by atoms with Gasteiger partial charge in [0.1, 0.15) is 0 Å². The van der Waals surface area contributed by atoms with E-state index in [2.05, 4.69) is 41.5 Å². The molecule has 0 N–H and O–H groups in total. The molecule has 0 heteroatoms. The van der Waals surface area contributed by atoms with Gasteiger partial charge in [0, 0.05) is 0 Å². The highest BCUT2D eigenvalue weighted by atomic mass is 14.1. The van der Waals surface area contributed by atoms with Crippen LogP contribution < -0.4 is 0 Å². The smallest absolute Gasteiger partial charge is 0.0258 e. The van der Waals surface area contributed by atoms with Crippen LogP contribution in [-0.2, 0) is 0 Å². The molecule has 0 fully saturated rings. The van der Waals surface area contributed by atoms with Crippen LogP contribution in [0.2, 0.25) is 0 Å². The van der Waals surface area contributed by atoms with Gasteiger partial charge in [0.15, 0.2) is 0 Å². The minimum Gasteiger partial charge on any atom is -0.0739 e. The largest absolute Gasteiger partial charge is 0.0739 e. The first-order valence-corrected chi connectivity index (χ1v) is 9.25. The number of unbranched alkanes of at least 4 members (excludes halogenated alkanes) is 3. The fraction of sp³-hybridized carbons (Fsp3) is 0.900. The molecule has 0 saturated heterocycles. The second kappa shape index (κ2) is 12.5. The van der Waals surface area contributed by atoms with Gasteiger partial charge in [-0.3, -0.25) is 0 Å². The normalized spacial score (nSPS) is 14.6. The minimum atomic E-state index is 0.736. The lowest BCUT2D eigenvalue weighted by atomic mass is 9.92. The molecule has 0 nitrogen and oxygen atoms in total. The summed E-state index contributed by atoms with van der Waals surface area (Å²) in [6.45, 7) is 14.0. The van der Waals surface area contributed by atoms with Gasteiger partial charge in [-0.25, -0.2) is 0 Å². The van der Waals surface area contributed by atoms with Crippen molar-refractivity contribution < 1.29 is 0 Å². The first kappa shape index (κ1) is 19.7. The minimum absolute atomic E-state index is 0.736. The third-order valence-electron chi connectivity index (χ3n) is 4.81. The Bertz CT molecular complexity index is 247. The Labute approximate surface area is 129 Å². The number of rotatable bonds is 12. The summed E-state index contributed by atoms with van der Waals surface area (Å²) in [5.74, 6) is 1.73. The lowest BCUT2D eigenvalue weighted by molar-refractivity contribution is 0.409. The second-order valence-electron chi connectivity index (χ2n) is 6.83. The molecule has 0 bridgehead atoms. The standard InChI is InChI=1S/C20H40/c1-7-14-19(8-2)16-13-11-10-12-15-18(6)20(9-3)17(4)5/h17,19H,7-16H2,1-6H3. The van der Waals surface area contributed by atoms with Gasteiger partial charge in [-0.05, 0) is 38.0 Å². The summed E-state index contributed by atoms with van der Waals surface area (Å²) in [6, 6.07) is 0. The van der Waals surface area contributed by atoms with Gasteiger partial charge in [0.05, 0.1) is 0 Å². The van der Waals surface area contributed by atoms with Crippen LogP contribution in [0.5, 0.6) is 0 Å². The zero-order valence-corrected chi connectivity index (χ0v) is 15.2. The number of allylic oxidation sites excluding steroid dienone is 2. The van der Waals surface area contributed by atoms with Crippen molar-refractivity contribution in [1.82, 2.24) is 0 Å². The third kappa shape index (κ3) is 8.82. The molecular weight excluding hydrogens is 240 g/mol. The molecule has 0 radical (unpaired) electrons. The molecule has 0 aromatic heterocycles. The predicted octanol–water partition coefficient (Wildman–Crippen LogP) is 7.54. The van der Waals surface area contributed by atoms with E-state index in [-0.39, 0.29) is 0 Å². The molecule has 0 heterocycles. The Hall–Kier alpha value is -0.260. The van der Waals surface area contributed by atoms with Crippen LogP contribution in [0.15, 0.2) is 11.1 Å². The highest BCUT2D eigenvalue weighted by Gasteiger charge is 2.06. The van der Waals surface area contributed by atoms with Crippen LogP contribution in [0.25, 0.3) is 0 Å². The van der Waals surface area contributed by atoms with Gasteiger partial charge in [-0.15, -0.1) is 0 Å². The van der Waals surface area contributed by atoms with E-state index in [4.69, 9.17) is 0 Å².